The van der Waals surface area contributed by atoms with E-state index in [1.54, 1.807) is 5.57 Å². The highest BCUT2D eigenvalue weighted by atomic mass is 28.3. The number of hydrogen-bond donors (Lipinski definition) is 2. The van der Waals surface area contributed by atoms with Gasteiger partial charge in [0, 0.05) is 20.0 Å². The molecular weight excluding hydrogens is 310 g/mol. The summed E-state index contributed by atoms with van der Waals surface area (Å²) in [4.78, 5) is 0. The second-order valence-corrected chi connectivity index (χ2v) is 12.6. The molecular formula is C20H29N3Si. The molecule has 2 N–H and O–H groups in total. The molecule has 0 amide bonds. The van der Waals surface area contributed by atoms with Crippen LogP contribution in [0.1, 0.15) is 18.4 Å². The molecule has 3 aliphatic rings. The Kier molecular flexibility index (Phi) is 4.48. The summed E-state index contributed by atoms with van der Waals surface area (Å²) in [6.07, 6.45) is 9.90. The van der Waals surface area contributed by atoms with Gasteiger partial charge in [0.2, 0.25) is 0 Å². The highest BCUT2D eigenvalue weighted by molar-refractivity contribution is 6.76. The van der Waals surface area contributed by atoms with E-state index in [9.17, 15) is 0 Å². The predicted molar refractivity (Wildman–Crippen MR) is 104 cm³/mol. The summed E-state index contributed by atoms with van der Waals surface area (Å²) in [6, 6.07) is 11.0. The molecule has 1 saturated heterocycles. The second kappa shape index (κ2) is 6.60. The third-order valence-corrected chi connectivity index (χ3v) is 10.8. The van der Waals surface area contributed by atoms with Crippen LogP contribution >= 0.6 is 0 Å². The molecule has 0 aromatic heterocycles. The molecule has 2 aliphatic carbocycles. The second-order valence-electron chi connectivity index (χ2n) is 7.93. The highest BCUT2D eigenvalue weighted by Gasteiger charge is 2.48. The summed E-state index contributed by atoms with van der Waals surface area (Å²) in [5.74, 6) is 1.42. The highest BCUT2D eigenvalue weighted by Crippen LogP contribution is 2.54. The first kappa shape index (κ1) is 16.3. The Morgan fingerprint density at radius 2 is 1.79 bits per heavy atom. The lowest BCUT2D eigenvalue weighted by Gasteiger charge is -2.45. The summed E-state index contributed by atoms with van der Waals surface area (Å²) in [5.41, 5.74) is 3.82. The van der Waals surface area contributed by atoms with E-state index in [2.05, 4.69) is 76.9 Å². The van der Waals surface area contributed by atoms with Crippen LogP contribution in [0.2, 0.25) is 18.6 Å². The molecule has 3 nitrogen and oxygen atoms in total. The molecule has 1 aromatic rings. The minimum Gasteiger partial charge on any atom is -0.299 e. The fourth-order valence-corrected chi connectivity index (χ4v) is 8.67. The SMILES string of the molecule is C[Si](C)(C1CCC2C(c3ccccc3)=CC=CC21)N1CNCNC1. The first-order valence-electron chi connectivity index (χ1n) is 9.28. The normalized spacial score (nSPS) is 30.9. The molecule has 1 aliphatic heterocycles. The first-order valence-corrected chi connectivity index (χ1v) is 12.3. The van der Waals surface area contributed by atoms with Gasteiger partial charge in [-0.25, -0.2) is 0 Å². The molecule has 1 heterocycles. The monoisotopic (exact) mass is 339 g/mol. The molecule has 128 valence electrons. The van der Waals surface area contributed by atoms with Gasteiger partial charge >= 0.3 is 0 Å². The molecule has 4 rings (SSSR count). The predicted octanol–water partition coefficient (Wildman–Crippen LogP) is 3.61. The van der Waals surface area contributed by atoms with Gasteiger partial charge in [0.25, 0.3) is 0 Å². The van der Waals surface area contributed by atoms with Gasteiger partial charge in [-0.15, -0.1) is 0 Å². The summed E-state index contributed by atoms with van der Waals surface area (Å²) in [5, 5.41) is 6.98. The van der Waals surface area contributed by atoms with Crippen molar-refractivity contribution in [1.82, 2.24) is 15.2 Å². The van der Waals surface area contributed by atoms with Gasteiger partial charge in [-0.2, -0.15) is 0 Å². The van der Waals surface area contributed by atoms with Crippen molar-refractivity contribution in [1.29, 1.82) is 0 Å². The number of allylic oxidation sites excluding steroid dienone is 4. The molecule has 0 bridgehead atoms. The lowest BCUT2D eigenvalue weighted by atomic mass is 9.81. The van der Waals surface area contributed by atoms with Crippen LogP contribution in [0.3, 0.4) is 0 Å². The fourth-order valence-electron chi connectivity index (χ4n) is 5.00. The first-order chi connectivity index (χ1) is 11.7. The van der Waals surface area contributed by atoms with Crippen LogP contribution in [0.4, 0.5) is 0 Å². The average Bonchev–Trinajstić information content (AvgIpc) is 3.08. The minimum atomic E-state index is -1.48. The number of rotatable bonds is 3. The zero-order chi connectivity index (χ0) is 16.6. The van der Waals surface area contributed by atoms with Crippen molar-refractivity contribution >= 4 is 13.8 Å². The number of hydrogen-bond acceptors (Lipinski definition) is 3. The summed E-state index contributed by atoms with van der Waals surface area (Å²) < 4.78 is 2.71. The number of benzene rings is 1. The zero-order valence-corrected chi connectivity index (χ0v) is 15.8. The third kappa shape index (κ3) is 2.82. The molecule has 4 heteroatoms. The van der Waals surface area contributed by atoms with Crippen LogP contribution < -0.4 is 10.6 Å². The Hall–Kier alpha value is -1.20. The van der Waals surface area contributed by atoms with E-state index >= 15 is 0 Å². The molecule has 1 saturated carbocycles. The molecule has 3 atom stereocenters. The maximum Gasteiger partial charge on any atom is 0.128 e. The van der Waals surface area contributed by atoms with Crippen LogP contribution in [0.25, 0.3) is 5.57 Å². The topological polar surface area (TPSA) is 27.3 Å². The van der Waals surface area contributed by atoms with Crippen LogP contribution in [0.5, 0.6) is 0 Å². The lowest BCUT2D eigenvalue weighted by Crippen LogP contribution is -2.63. The zero-order valence-electron chi connectivity index (χ0n) is 14.8. The van der Waals surface area contributed by atoms with Gasteiger partial charge in [-0.3, -0.25) is 15.2 Å². The summed E-state index contributed by atoms with van der Waals surface area (Å²) >= 11 is 0. The Morgan fingerprint density at radius 1 is 1.04 bits per heavy atom. The molecule has 24 heavy (non-hydrogen) atoms. The van der Waals surface area contributed by atoms with E-state index in [1.807, 2.05) is 0 Å². The molecule has 0 radical (unpaired) electrons. The van der Waals surface area contributed by atoms with Crippen LogP contribution in [-0.2, 0) is 0 Å². The Labute approximate surface area is 146 Å². The largest absolute Gasteiger partial charge is 0.299 e. The molecule has 3 unspecified atom stereocenters. The Morgan fingerprint density at radius 3 is 2.54 bits per heavy atom. The van der Waals surface area contributed by atoms with Gasteiger partial charge in [-0.05, 0) is 34.9 Å². The molecule has 0 spiro atoms. The van der Waals surface area contributed by atoms with Gasteiger partial charge in [0.15, 0.2) is 0 Å². The quantitative estimate of drug-likeness (QED) is 0.824. The van der Waals surface area contributed by atoms with E-state index in [0.717, 1.165) is 25.5 Å². The number of fused-ring (bicyclic) bond motifs is 1. The maximum atomic E-state index is 3.49. The maximum absolute atomic E-state index is 3.49. The van der Waals surface area contributed by atoms with Crippen molar-refractivity contribution in [2.24, 2.45) is 11.8 Å². The van der Waals surface area contributed by atoms with Gasteiger partial charge in [0.1, 0.15) is 8.24 Å². The summed E-state index contributed by atoms with van der Waals surface area (Å²) in [7, 11) is -1.48. The number of nitrogens with zero attached hydrogens (tertiary/aromatic N) is 1. The average molecular weight is 340 g/mol. The standard InChI is InChI=1S/C20H29N3Si/c1-24(2,23-14-21-13-22-15-23)20-12-11-18-17(9-6-10-19(18)20)16-7-4-3-5-8-16/h3-10,18-22H,11-15H2,1-2H3. The Bertz CT molecular complexity index is 632. The fraction of sp³-hybridized carbons (Fsp3) is 0.500. The summed E-state index contributed by atoms with van der Waals surface area (Å²) in [6.45, 7) is 8.18. The van der Waals surface area contributed by atoms with Crippen LogP contribution in [-0.4, -0.2) is 32.8 Å². The van der Waals surface area contributed by atoms with E-state index in [0.29, 0.717) is 11.8 Å². The third-order valence-electron chi connectivity index (χ3n) is 6.41. The van der Waals surface area contributed by atoms with Crippen LogP contribution in [0.15, 0.2) is 48.6 Å². The van der Waals surface area contributed by atoms with Crippen molar-refractivity contribution in [3.8, 4) is 0 Å². The number of nitrogens with one attached hydrogen (secondary N) is 2. The van der Waals surface area contributed by atoms with Crippen molar-refractivity contribution in [2.45, 2.75) is 31.5 Å². The lowest BCUT2D eigenvalue weighted by molar-refractivity contribution is 0.283. The van der Waals surface area contributed by atoms with Gasteiger partial charge < -0.3 is 0 Å². The van der Waals surface area contributed by atoms with Gasteiger partial charge in [0.05, 0.1) is 0 Å². The smallest absolute Gasteiger partial charge is 0.128 e. The van der Waals surface area contributed by atoms with Crippen molar-refractivity contribution in [3.63, 3.8) is 0 Å². The minimum absolute atomic E-state index is 0.708. The van der Waals surface area contributed by atoms with Gasteiger partial charge in [-0.1, -0.05) is 68.1 Å². The van der Waals surface area contributed by atoms with Crippen LogP contribution in [0, 0.1) is 11.8 Å². The molecule has 1 aromatic carbocycles. The van der Waals surface area contributed by atoms with E-state index in [-0.39, 0.29) is 0 Å². The van der Waals surface area contributed by atoms with Crippen molar-refractivity contribution in [2.75, 3.05) is 20.0 Å². The van der Waals surface area contributed by atoms with E-state index < -0.39 is 8.24 Å². The van der Waals surface area contributed by atoms with Crippen molar-refractivity contribution < 1.29 is 0 Å². The Balaban J connectivity index is 1.57. The van der Waals surface area contributed by atoms with E-state index in [1.165, 1.54) is 18.4 Å². The molecule has 2 fully saturated rings. The van der Waals surface area contributed by atoms with E-state index in [4.69, 9.17) is 0 Å². The van der Waals surface area contributed by atoms with Crippen molar-refractivity contribution in [3.05, 3.63) is 54.1 Å².